The largest absolute Gasteiger partial charge is 0.444 e. The van der Waals surface area contributed by atoms with Crippen LogP contribution in [0.2, 0.25) is 0 Å². The Morgan fingerprint density at radius 2 is 1.26 bits per heavy atom. The maximum Gasteiger partial charge on any atom is 0.410 e. The summed E-state index contributed by atoms with van der Waals surface area (Å²) in [6, 6.07) is 0. The highest BCUT2D eigenvalue weighted by molar-refractivity contribution is 7.98. The predicted octanol–water partition coefficient (Wildman–Crippen LogP) is 4.79. The predicted molar refractivity (Wildman–Crippen MR) is 159 cm³/mol. The molecule has 0 saturated heterocycles. The third kappa shape index (κ3) is 9.00. The zero-order chi connectivity index (χ0) is 31.6. The minimum Gasteiger partial charge on any atom is -0.444 e. The Labute approximate surface area is 252 Å². The molecule has 4 rings (SSSR count). The van der Waals surface area contributed by atoms with Gasteiger partial charge < -0.3 is 19.3 Å². The molecule has 232 valence electrons. The molecular weight excluding hydrogens is 580 g/mol. The van der Waals surface area contributed by atoms with E-state index >= 15 is 0 Å². The standard InChI is InChI=1S/C14H21N3O4S.C14H21N3O2S/c1-9-7-17(13(18)21-14(2,3)4)8-10-6-15-12(16-11(9)10)22(5,19)20;1-9-7-17(13(18)19-14(2,3)4)8-10-6-15-12(20-5)16-11(9)10/h6,9H,7-8H2,1-5H3;6,9H,7-8H2,1-5H3. The first kappa shape index (κ1) is 33.5. The SMILES string of the molecule is CC1CN(C(=O)OC(C)(C)C)Cc2cnc(S(C)(=O)=O)nc21.CSc1ncc2c(n1)C(C)CN(C(=O)OC(C)(C)C)C2. The van der Waals surface area contributed by atoms with Crippen LogP contribution < -0.4 is 0 Å². The van der Waals surface area contributed by atoms with Crippen molar-refractivity contribution < 1.29 is 27.5 Å². The molecule has 0 aromatic carbocycles. The fourth-order valence-corrected chi connectivity index (χ4v) is 5.34. The Hall–Kier alpha value is -3.00. The smallest absolute Gasteiger partial charge is 0.410 e. The quantitative estimate of drug-likeness (QED) is 0.337. The van der Waals surface area contributed by atoms with Gasteiger partial charge in [0.25, 0.3) is 0 Å². The molecule has 0 aliphatic carbocycles. The van der Waals surface area contributed by atoms with Gasteiger partial charge in [-0.3, -0.25) is 0 Å². The first-order valence-corrected chi connectivity index (χ1v) is 16.8. The van der Waals surface area contributed by atoms with Crippen LogP contribution in [0.25, 0.3) is 0 Å². The molecule has 0 radical (unpaired) electrons. The highest BCUT2D eigenvalue weighted by atomic mass is 32.2. The summed E-state index contributed by atoms with van der Waals surface area (Å²) in [5.41, 5.74) is 2.45. The first-order chi connectivity index (χ1) is 19.3. The van der Waals surface area contributed by atoms with Gasteiger partial charge in [0.05, 0.1) is 24.5 Å². The third-order valence-corrected chi connectivity index (χ3v) is 7.64. The van der Waals surface area contributed by atoms with E-state index in [1.54, 1.807) is 9.80 Å². The van der Waals surface area contributed by atoms with Crippen molar-refractivity contribution in [2.75, 3.05) is 25.6 Å². The molecule has 14 heteroatoms. The molecule has 2 amide bonds. The van der Waals surface area contributed by atoms with Crippen LogP contribution >= 0.6 is 11.8 Å². The van der Waals surface area contributed by atoms with E-state index in [4.69, 9.17) is 9.47 Å². The molecule has 2 aliphatic rings. The lowest BCUT2D eigenvalue weighted by Gasteiger charge is -2.33. The summed E-state index contributed by atoms with van der Waals surface area (Å²) in [7, 11) is -3.44. The van der Waals surface area contributed by atoms with Gasteiger partial charge in [-0.05, 0) is 47.8 Å². The molecular formula is C28H42N6O6S2. The number of carbonyl (C=O) groups is 2. The van der Waals surface area contributed by atoms with Gasteiger partial charge in [0.1, 0.15) is 11.2 Å². The van der Waals surface area contributed by atoms with Gasteiger partial charge in [0, 0.05) is 54.7 Å². The molecule has 42 heavy (non-hydrogen) atoms. The van der Waals surface area contributed by atoms with Gasteiger partial charge in [-0.25, -0.2) is 37.9 Å². The molecule has 4 heterocycles. The Bertz CT molecular complexity index is 1420. The van der Waals surface area contributed by atoms with Gasteiger partial charge in [-0.15, -0.1) is 0 Å². The van der Waals surface area contributed by atoms with Gasteiger partial charge in [-0.2, -0.15) is 0 Å². The van der Waals surface area contributed by atoms with Crippen molar-refractivity contribution in [2.45, 2.75) is 102 Å². The van der Waals surface area contributed by atoms with E-state index in [0.29, 0.717) is 31.9 Å². The summed E-state index contributed by atoms with van der Waals surface area (Å²) in [6.07, 6.45) is 5.67. The lowest BCUT2D eigenvalue weighted by Crippen LogP contribution is -2.41. The van der Waals surface area contributed by atoms with Gasteiger partial charge in [0.2, 0.25) is 15.0 Å². The number of carbonyl (C=O) groups excluding carboxylic acids is 2. The molecule has 12 nitrogen and oxygen atoms in total. The summed E-state index contributed by atoms with van der Waals surface area (Å²) >= 11 is 1.53. The summed E-state index contributed by atoms with van der Waals surface area (Å²) in [6.45, 7) is 16.9. The Morgan fingerprint density at radius 3 is 1.67 bits per heavy atom. The molecule has 2 aromatic heterocycles. The first-order valence-electron chi connectivity index (χ1n) is 13.7. The number of aromatic nitrogens is 4. The highest BCUT2D eigenvalue weighted by Crippen LogP contribution is 2.29. The zero-order valence-corrected chi connectivity index (χ0v) is 27.7. The van der Waals surface area contributed by atoms with E-state index in [-0.39, 0.29) is 23.1 Å². The summed E-state index contributed by atoms with van der Waals surface area (Å²) in [4.78, 5) is 44.5. The molecule has 0 fully saturated rings. The average Bonchev–Trinajstić information content (AvgIpc) is 2.86. The number of hydrogen-bond donors (Lipinski definition) is 0. The van der Waals surface area contributed by atoms with E-state index in [1.807, 2.05) is 60.9 Å². The number of fused-ring (bicyclic) bond motifs is 2. The second kappa shape index (κ2) is 12.7. The monoisotopic (exact) mass is 622 g/mol. The van der Waals surface area contributed by atoms with Crippen molar-refractivity contribution in [1.29, 1.82) is 0 Å². The van der Waals surface area contributed by atoms with Gasteiger partial charge in [-0.1, -0.05) is 25.6 Å². The van der Waals surface area contributed by atoms with Crippen molar-refractivity contribution in [3.8, 4) is 0 Å². The fourth-order valence-electron chi connectivity index (χ4n) is 4.49. The highest BCUT2D eigenvalue weighted by Gasteiger charge is 2.32. The lowest BCUT2D eigenvalue weighted by molar-refractivity contribution is 0.0197. The van der Waals surface area contributed by atoms with E-state index < -0.39 is 27.1 Å². The Balaban J connectivity index is 0.000000231. The number of rotatable bonds is 2. The van der Waals surface area contributed by atoms with Crippen LogP contribution in [0, 0.1) is 0 Å². The van der Waals surface area contributed by atoms with E-state index in [9.17, 15) is 18.0 Å². The topological polar surface area (TPSA) is 145 Å². The number of thioether (sulfide) groups is 1. The molecule has 2 atom stereocenters. The molecule has 0 bridgehead atoms. The van der Waals surface area contributed by atoms with Crippen LogP contribution in [0.5, 0.6) is 0 Å². The lowest BCUT2D eigenvalue weighted by atomic mass is 9.98. The average molecular weight is 623 g/mol. The third-order valence-electron chi connectivity index (χ3n) is 6.21. The Kier molecular flexibility index (Phi) is 10.1. The maximum atomic E-state index is 12.2. The second-order valence-corrected chi connectivity index (χ2v) is 15.3. The van der Waals surface area contributed by atoms with Gasteiger partial charge >= 0.3 is 12.2 Å². The zero-order valence-electron chi connectivity index (χ0n) is 26.1. The minimum absolute atomic E-state index is 0.0835. The summed E-state index contributed by atoms with van der Waals surface area (Å²) in [5, 5.41) is 0.602. The maximum absolute atomic E-state index is 12.2. The van der Waals surface area contributed by atoms with Crippen molar-refractivity contribution in [3.05, 3.63) is 34.9 Å². The summed E-state index contributed by atoms with van der Waals surface area (Å²) < 4.78 is 33.9. The summed E-state index contributed by atoms with van der Waals surface area (Å²) in [5.74, 6) is 0.111. The van der Waals surface area contributed by atoms with Crippen LogP contribution in [0.4, 0.5) is 9.59 Å². The number of ether oxygens (including phenoxy) is 2. The van der Waals surface area contributed by atoms with Crippen molar-refractivity contribution in [2.24, 2.45) is 0 Å². The number of sulfone groups is 1. The fraction of sp³-hybridized carbons (Fsp3) is 0.643. The van der Waals surface area contributed by atoms with Crippen LogP contribution in [0.3, 0.4) is 0 Å². The number of amides is 2. The number of nitrogens with zero attached hydrogens (tertiary/aromatic N) is 6. The van der Waals surface area contributed by atoms with Crippen LogP contribution in [0.15, 0.2) is 22.7 Å². The van der Waals surface area contributed by atoms with E-state index in [2.05, 4.69) is 26.9 Å². The van der Waals surface area contributed by atoms with E-state index in [0.717, 1.165) is 28.2 Å². The molecule has 0 saturated carbocycles. The molecule has 2 aromatic rings. The van der Waals surface area contributed by atoms with Crippen molar-refractivity contribution in [3.63, 3.8) is 0 Å². The van der Waals surface area contributed by atoms with Crippen LogP contribution in [0.1, 0.15) is 89.7 Å². The molecule has 2 unspecified atom stereocenters. The van der Waals surface area contributed by atoms with Crippen LogP contribution in [-0.4, -0.2) is 87.1 Å². The molecule has 2 aliphatic heterocycles. The van der Waals surface area contributed by atoms with Gasteiger partial charge in [0.15, 0.2) is 5.16 Å². The normalized spacial score (nSPS) is 18.7. The van der Waals surface area contributed by atoms with Crippen molar-refractivity contribution in [1.82, 2.24) is 29.7 Å². The minimum atomic E-state index is -3.44. The molecule has 0 N–H and O–H groups in total. The number of hydrogen-bond acceptors (Lipinski definition) is 11. The van der Waals surface area contributed by atoms with Crippen molar-refractivity contribution >= 4 is 33.8 Å². The van der Waals surface area contributed by atoms with E-state index in [1.165, 1.54) is 18.0 Å². The second-order valence-electron chi connectivity index (χ2n) is 12.6. The molecule has 0 spiro atoms. The van der Waals surface area contributed by atoms with Crippen LogP contribution in [-0.2, 0) is 32.4 Å². The Morgan fingerprint density at radius 1 is 0.833 bits per heavy atom.